The summed E-state index contributed by atoms with van der Waals surface area (Å²) in [5, 5.41) is 10.7. The summed E-state index contributed by atoms with van der Waals surface area (Å²) in [7, 11) is 0. The first kappa shape index (κ1) is 51.3. The Hall–Kier alpha value is -12.0. The van der Waals surface area contributed by atoms with E-state index in [0.29, 0.717) is 0 Å². The number of nitrogens with zero attached hydrogens (tertiary/aromatic N) is 6. The van der Waals surface area contributed by atoms with Gasteiger partial charge in [0, 0.05) is 82.4 Å². The van der Waals surface area contributed by atoms with E-state index in [1.807, 2.05) is 6.08 Å². The molecule has 0 amide bonds. The van der Waals surface area contributed by atoms with Gasteiger partial charge in [0.2, 0.25) is 0 Å². The van der Waals surface area contributed by atoms with Crippen LogP contribution in [-0.2, 0) is 0 Å². The van der Waals surface area contributed by atoms with E-state index >= 15 is 0 Å². The summed E-state index contributed by atoms with van der Waals surface area (Å²) in [4.78, 5) is 5.51. The van der Waals surface area contributed by atoms with Crippen molar-refractivity contribution in [3.05, 3.63) is 315 Å². The molecule has 6 heterocycles. The number of pyridine rings is 1. The molecule has 0 bridgehead atoms. The van der Waals surface area contributed by atoms with Crippen molar-refractivity contribution in [3.8, 4) is 62.1 Å². The first-order valence-corrected chi connectivity index (χ1v) is 30.9. The van der Waals surface area contributed by atoms with Gasteiger partial charge in [-0.05, 0) is 138 Å². The lowest BCUT2D eigenvalue weighted by molar-refractivity contribution is 1.07. The molecule has 12 aromatic carbocycles. The highest BCUT2D eigenvalue weighted by atomic mass is 15.1. The minimum Gasteiger partial charge on any atom is -0.309 e. The predicted octanol–water partition coefficient (Wildman–Crippen LogP) is 22.1. The number of para-hydroxylation sites is 7. The number of hydrogen-bond donors (Lipinski definition) is 0. The normalized spacial score (nSPS) is 12.1. The molecule has 0 saturated heterocycles. The molecule has 6 heteroatoms. The van der Waals surface area contributed by atoms with Crippen LogP contribution >= 0.6 is 0 Å². The lowest BCUT2D eigenvalue weighted by Gasteiger charge is -2.16. The van der Waals surface area contributed by atoms with E-state index in [9.17, 15) is 0 Å². The number of benzene rings is 12. The molecule has 0 aliphatic carbocycles. The fourth-order valence-corrected chi connectivity index (χ4v) is 14.9. The Balaban J connectivity index is 0.906. The van der Waals surface area contributed by atoms with E-state index in [-0.39, 0.29) is 0 Å². The van der Waals surface area contributed by atoms with E-state index in [1.165, 1.54) is 48.9 Å². The summed E-state index contributed by atoms with van der Waals surface area (Å²) in [5.41, 5.74) is 23.2. The van der Waals surface area contributed by atoms with Crippen molar-refractivity contribution in [3.63, 3.8) is 0 Å². The van der Waals surface area contributed by atoms with Crippen LogP contribution in [0.4, 0.5) is 0 Å². The van der Waals surface area contributed by atoms with Gasteiger partial charge in [0.1, 0.15) is 5.82 Å². The van der Waals surface area contributed by atoms with E-state index < -0.39 is 0 Å². The third-order valence-electron chi connectivity index (χ3n) is 18.6. The van der Waals surface area contributed by atoms with Gasteiger partial charge in [0.15, 0.2) is 0 Å². The Labute approximate surface area is 519 Å². The first-order chi connectivity index (χ1) is 44.6. The minimum absolute atomic E-state index is 0.842. The lowest BCUT2D eigenvalue weighted by Crippen LogP contribution is -2.02. The molecule has 0 spiro atoms. The minimum atomic E-state index is 0.842. The highest BCUT2D eigenvalue weighted by Crippen LogP contribution is 2.49. The number of aromatic nitrogens is 6. The van der Waals surface area contributed by atoms with Crippen LogP contribution in [0.15, 0.2) is 304 Å². The molecule has 0 fully saturated rings. The zero-order chi connectivity index (χ0) is 59.6. The molecule has 90 heavy (non-hydrogen) atoms. The monoisotopic (exact) mass is 1150 g/mol. The van der Waals surface area contributed by atoms with Crippen LogP contribution in [-0.4, -0.2) is 27.8 Å². The van der Waals surface area contributed by atoms with E-state index in [2.05, 4.69) is 340 Å². The molecule has 0 radical (unpaired) electrons. The van der Waals surface area contributed by atoms with Crippen molar-refractivity contribution < 1.29 is 0 Å². The van der Waals surface area contributed by atoms with Crippen LogP contribution in [0.1, 0.15) is 18.2 Å². The zero-order valence-corrected chi connectivity index (χ0v) is 49.3. The fraction of sp³-hybridized carbons (Fsp3) is 0.0119. The summed E-state index contributed by atoms with van der Waals surface area (Å²) >= 11 is 0. The average molecular weight is 1150 g/mol. The van der Waals surface area contributed by atoms with Gasteiger partial charge in [-0.15, -0.1) is 0 Å². The van der Waals surface area contributed by atoms with Gasteiger partial charge in [0.05, 0.1) is 61.0 Å². The van der Waals surface area contributed by atoms with Gasteiger partial charge in [-0.2, -0.15) is 0 Å². The van der Waals surface area contributed by atoms with Crippen molar-refractivity contribution in [2.45, 2.75) is 6.92 Å². The number of hydrogen-bond acceptors (Lipinski definition) is 1. The maximum absolute atomic E-state index is 5.51. The summed E-state index contributed by atoms with van der Waals surface area (Å²) in [6.07, 6.45) is 6.39. The van der Waals surface area contributed by atoms with Crippen molar-refractivity contribution in [2.75, 3.05) is 0 Å². The summed E-state index contributed by atoms with van der Waals surface area (Å²) in [5.74, 6) is 0.842. The highest BCUT2D eigenvalue weighted by Gasteiger charge is 2.28. The smallest absolute Gasteiger partial charge is 0.138 e. The Bertz CT molecular complexity index is 5900. The van der Waals surface area contributed by atoms with Crippen LogP contribution in [0.25, 0.3) is 172 Å². The van der Waals surface area contributed by atoms with Gasteiger partial charge in [-0.1, -0.05) is 207 Å². The standard InChI is InChI=1S/C84H56N6/c1-3-25-61-69-52-68(80-66-36-18-23-42-77(66)90(78-43-24-37-71(85-78)56-26-8-5-9-27-56)84(80)82(69)87(72(61)4-2)57-28-10-6-11-29-57)55-46-50-60(51-47-55)89-76-41-22-17-35-65(76)79-67(53-70-64-34-16-21-40-75(64)88(81(70)83(79)89)58-30-12-7-13-31-58)54-44-48-59(49-45-54)86-73-38-19-14-32-62(73)63-33-15-20-39-74(63)86/h3-53H,2H2,1H3/b25-3-. The number of rotatable bonds is 10. The molecular weight excluding hydrogens is 1090 g/mol. The van der Waals surface area contributed by atoms with Gasteiger partial charge < -0.3 is 18.3 Å². The van der Waals surface area contributed by atoms with Crippen LogP contribution in [0.3, 0.4) is 0 Å². The molecule has 18 aromatic rings. The van der Waals surface area contributed by atoms with Gasteiger partial charge in [0.25, 0.3) is 0 Å². The second-order valence-corrected chi connectivity index (χ2v) is 23.4. The number of fused-ring (bicyclic) bond motifs is 15. The van der Waals surface area contributed by atoms with Gasteiger partial charge in [-0.3, -0.25) is 4.57 Å². The maximum atomic E-state index is 5.51. The molecule has 422 valence electrons. The van der Waals surface area contributed by atoms with E-state index in [0.717, 1.165) is 123 Å². The molecule has 0 aliphatic heterocycles. The van der Waals surface area contributed by atoms with E-state index in [1.54, 1.807) is 0 Å². The van der Waals surface area contributed by atoms with Crippen LogP contribution in [0, 0.1) is 0 Å². The molecule has 6 nitrogen and oxygen atoms in total. The molecule has 6 aromatic heterocycles. The van der Waals surface area contributed by atoms with Crippen molar-refractivity contribution in [1.82, 2.24) is 27.8 Å². The summed E-state index contributed by atoms with van der Waals surface area (Å²) in [6, 6.07) is 106. The third kappa shape index (κ3) is 7.55. The zero-order valence-electron chi connectivity index (χ0n) is 49.3. The fourth-order valence-electron chi connectivity index (χ4n) is 14.9. The molecule has 0 atom stereocenters. The quantitative estimate of drug-likeness (QED) is 0.134. The topological polar surface area (TPSA) is 37.5 Å². The molecular formula is C84H56N6. The van der Waals surface area contributed by atoms with Crippen LogP contribution in [0.5, 0.6) is 0 Å². The van der Waals surface area contributed by atoms with Gasteiger partial charge >= 0.3 is 0 Å². The largest absolute Gasteiger partial charge is 0.309 e. The summed E-state index contributed by atoms with van der Waals surface area (Å²) < 4.78 is 12.2. The van der Waals surface area contributed by atoms with Crippen LogP contribution < -0.4 is 0 Å². The van der Waals surface area contributed by atoms with Crippen LogP contribution in [0.2, 0.25) is 0 Å². The Morgan fingerprint density at radius 3 is 1.26 bits per heavy atom. The van der Waals surface area contributed by atoms with Gasteiger partial charge in [-0.25, -0.2) is 4.98 Å². The predicted molar refractivity (Wildman–Crippen MR) is 380 cm³/mol. The Kier molecular flexibility index (Phi) is 11.6. The Morgan fingerprint density at radius 2 is 0.711 bits per heavy atom. The van der Waals surface area contributed by atoms with Crippen molar-refractivity contribution in [1.29, 1.82) is 0 Å². The molecule has 18 rings (SSSR count). The third-order valence-corrected chi connectivity index (χ3v) is 18.6. The van der Waals surface area contributed by atoms with Crippen molar-refractivity contribution >= 4 is 110 Å². The second kappa shape index (κ2) is 20.3. The highest BCUT2D eigenvalue weighted by molar-refractivity contribution is 6.29. The maximum Gasteiger partial charge on any atom is 0.138 e. The second-order valence-electron chi connectivity index (χ2n) is 23.4. The first-order valence-electron chi connectivity index (χ1n) is 30.9. The molecule has 0 unspecified atom stereocenters. The SMILES string of the molecule is C=Cc1c(/C=C\C)c2cc(-c3ccc(-n4c5ccccc5c5c(-c6ccc(-n7c8ccccc8c8ccccc87)cc6)cc6c7ccccc7n(-c7ccccc7)c6c54)cc3)c3c4ccccc4n(-c4cccc(-c5ccccc5)n4)c3c2n1-c1ccccc1. The molecule has 0 aliphatic rings. The number of allylic oxidation sites excluding steroid dienone is 1. The lowest BCUT2D eigenvalue weighted by atomic mass is 9.95. The Morgan fingerprint density at radius 1 is 0.311 bits per heavy atom. The average Bonchev–Trinajstić information content (AvgIpc) is 1.55. The molecule has 0 N–H and O–H groups in total. The molecule has 0 saturated carbocycles. The van der Waals surface area contributed by atoms with E-state index in [4.69, 9.17) is 4.98 Å². The summed E-state index contributed by atoms with van der Waals surface area (Å²) in [6.45, 7) is 6.59. The van der Waals surface area contributed by atoms with Crippen molar-refractivity contribution in [2.24, 2.45) is 0 Å².